The Morgan fingerprint density at radius 3 is 2.64 bits per heavy atom. The fourth-order valence-corrected chi connectivity index (χ4v) is 2.55. The zero-order chi connectivity index (χ0) is 15.9. The van der Waals surface area contributed by atoms with Crippen molar-refractivity contribution in [2.45, 2.75) is 31.7 Å². The van der Waals surface area contributed by atoms with E-state index in [0.717, 1.165) is 0 Å². The van der Waals surface area contributed by atoms with Gasteiger partial charge in [-0.3, -0.25) is 9.59 Å². The average Bonchev–Trinajstić information content (AvgIpc) is 2.50. The molecule has 0 unspecified atom stereocenters. The Balaban J connectivity index is 1.79. The molecule has 5 nitrogen and oxygen atoms in total. The van der Waals surface area contributed by atoms with Crippen molar-refractivity contribution in [1.82, 2.24) is 10.2 Å². The Morgan fingerprint density at radius 2 is 2.00 bits per heavy atom. The molecule has 1 saturated heterocycles. The van der Waals surface area contributed by atoms with Crippen LogP contribution in [0.4, 0.5) is 4.39 Å². The van der Waals surface area contributed by atoms with Crippen LogP contribution in [0.3, 0.4) is 0 Å². The minimum absolute atomic E-state index is 0.00888. The van der Waals surface area contributed by atoms with E-state index in [1.807, 2.05) is 6.07 Å². The van der Waals surface area contributed by atoms with Gasteiger partial charge in [-0.05, 0) is 24.5 Å². The summed E-state index contributed by atoms with van der Waals surface area (Å²) in [5.41, 5.74) is 0.377. The number of hydrogen-bond acceptors (Lipinski definition) is 3. The van der Waals surface area contributed by atoms with Gasteiger partial charge in [0.1, 0.15) is 12.2 Å². The molecule has 22 heavy (non-hydrogen) atoms. The van der Waals surface area contributed by atoms with Gasteiger partial charge in [0.05, 0.1) is 12.5 Å². The summed E-state index contributed by atoms with van der Waals surface area (Å²) in [5, 5.41) is 11.4. The molecule has 0 atom stereocenters. The lowest BCUT2D eigenvalue weighted by Crippen LogP contribution is -2.46. The van der Waals surface area contributed by atoms with Gasteiger partial charge in [0.15, 0.2) is 0 Å². The van der Waals surface area contributed by atoms with E-state index in [4.69, 9.17) is 5.26 Å². The first-order valence-corrected chi connectivity index (χ1v) is 7.27. The second kappa shape index (κ2) is 7.55. The van der Waals surface area contributed by atoms with Crippen molar-refractivity contribution in [3.05, 3.63) is 35.6 Å². The maximum Gasteiger partial charge on any atom is 0.236 e. The lowest BCUT2D eigenvalue weighted by Gasteiger charge is -2.32. The van der Waals surface area contributed by atoms with E-state index in [-0.39, 0.29) is 36.5 Å². The normalized spacial score (nSPS) is 15.2. The summed E-state index contributed by atoms with van der Waals surface area (Å²) in [6.07, 6.45) is 1.21. The number of amides is 2. The number of likely N-dealkylation sites (tertiary alicyclic amines) is 1. The molecule has 1 aromatic carbocycles. The summed E-state index contributed by atoms with van der Waals surface area (Å²) in [6, 6.07) is 8.05. The van der Waals surface area contributed by atoms with Crippen LogP contribution >= 0.6 is 0 Å². The van der Waals surface area contributed by atoms with Gasteiger partial charge in [0.2, 0.25) is 11.8 Å². The van der Waals surface area contributed by atoms with Crippen molar-refractivity contribution >= 4 is 11.8 Å². The minimum atomic E-state index is -0.380. The highest BCUT2D eigenvalue weighted by molar-refractivity contribution is 5.79. The van der Waals surface area contributed by atoms with Crippen molar-refractivity contribution in [2.75, 3.05) is 13.1 Å². The number of nitrogens with zero attached hydrogens (tertiary/aromatic N) is 2. The van der Waals surface area contributed by atoms with Gasteiger partial charge in [-0.25, -0.2) is 4.39 Å². The van der Waals surface area contributed by atoms with Crippen LogP contribution in [-0.2, 0) is 16.0 Å². The van der Waals surface area contributed by atoms with Crippen molar-refractivity contribution in [1.29, 1.82) is 5.26 Å². The highest BCUT2D eigenvalue weighted by Gasteiger charge is 2.23. The SMILES string of the molecule is N#CCC(=O)N1CCC(NC(=O)Cc2ccccc2F)CC1. The molecule has 1 aliphatic rings. The maximum atomic E-state index is 13.5. The molecule has 0 bridgehead atoms. The highest BCUT2D eigenvalue weighted by atomic mass is 19.1. The Morgan fingerprint density at radius 1 is 1.32 bits per heavy atom. The zero-order valence-electron chi connectivity index (χ0n) is 12.2. The number of carbonyl (C=O) groups is 2. The summed E-state index contributed by atoms with van der Waals surface area (Å²) in [7, 11) is 0. The minimum Gasteiger partial charge on any atom is -0.353 e. The third kappa shape index (κ3) is 4.29. The van der Waals surface area contributed by atoms with Crippen molar-refractivity contribution < 1.29 is 14.0 Å². The fraction of sp³-hybridized carbons (Fsp3) is 0.438. The average molecular weight is 303 g/mol. The van der Waals surface area contributed by atoms with Gasteiger partial charge in [-0.2, -0.15) is 5.26 Å². The molecule has 1 N–H and O–H groups in total. The number of nitriles is 1. The summed E-state index contributed by atoms with van der Waals surface area (Å²) in [5.74, 6) is -0.764. The quantitative estimate of drug-likeness (QED) is 0.913. The van der Waals surface area contributed by atoms with Gasteiger partial charge in [-0.1, -0.05) is 18.2 Å². The van der Waals surface area contributed by atoms with Crippen LogP contribution in [-0.4, -0.2) is 35.8 Å². The van der Waals surface area contributed by atoms with Crippen molar-refractivity contribution in [3.63, 3.8) is 0 Å². The molecule has 0 aliphatic carbocycles. The molecule has 0 saturated carbocycles. The van der Waals surface area contributed by atoms with Crippen LogP contribution in [0.2, 0.25) is 0 Å². The highest BCUT2D eigenvalue weighted by Crippen LogP contribution is 2.12. The van der Waals surface area contributed by atoms with E-state index in [0.29, 0.717) is 31.5 Å². The molecule has 0 radical (unpaired) electrons. The standard InChI is InChI=1S/C16H18FN3O2/c17-14-4-2-1-3-12(14)11-15(21)19-13-6-9-20(10-7-13)16(22)5-8-18/h1-4,13H,5-7,9-11H2,(H,19,21). The van der Waals surface area contributed by atoms with E-state index < -0.39 is 0 Å². The Kier molecular flexibility index (Phi) is 5.48. The first-order chi connectivity index (χ1) is 10.6. The van der Waals surface area contributed by atoms with Crippen LogP contribution in [0.1, 0.15) is 24.8 Å². The first kappa shape index (κ1) is 16.0. The topological polar surface area (TPSA) is 73.2 Å². The van der Waals surface area contributed by atoms with E-state index in [2.05, 4.69) is 5.32 Å². The number of carbonyl (C=O) groups excluding carboxylic acids is 2. The third-order valence-corrected chi connectivity index (χ3v) is 3.75. The second-order valence-electron chi connectivity index (χ2n) is 5.33. The Bertz CT molecular complexity index is 589. The van der Waals surface area contributed by atoms with Crippen molar-refractivity contribution in [2.24, 2.45) is 0 Å². The van der Waals surface area contributed by atoms with E-state index >= 15 is 0 Å². The molecule has 116 valence electrons. The van der Waals surface area contributed by atoms with Crippen molar-refractivity contribution in [3.8, 4) is 6.07 Å². The lowest BCUT2D eigenvalue weighted by atomic mass is 10.0. The zero-order valence-corrected chi connectivity index (χ0v) is 12.2. The van der Waals surface area contributed by atoms with Crippen LogP contribution in [0.5, 0.6) is 0 Å². The molecular weight excluding hydrogens is 285 g/mol. The number of piperidine rings is 1. The van der Waals surface area contributed by atoms with Gasteiger partial charge in [0, 0.05) is 19.1 Å². The molecule has 0 aromatic heterocycles. The maximum absolute atomic E-state index is 13.5. The summed E-state index contributed by atoms with van der Waals surface area (Å²) >= 11 is 0. The van der Waals surface area contributed by atoms with Gasteiger partial charge >= 0.3 is 0 Å². The number of halogens is 1. The summed E-state index contributed by atoms with van der Waals surface area (Å²) < 4.78 is 13.5. The predicted octanol–water partition coefficient (Wildman–Crippen LogP) is 1.39. The smallest absolute Gasteiger partial charge is 0.236 e. The predicted molar refractivity (Wildman–Crippen MR) is 78.1 cm³/mol. The Labute approximate surface area is 128 Å². The number of benzene rings is 1. The Hall–Kier alpha value is -2.42. The van der Waals surface area contributed by atoms with E-state index in [9.17, 15) is 14.0 Å². The van der Waals surface area contributed by atoms with Gasteiger partial charge in [-0.15, -0.1) is 0 Å². The molecule has 1 heterocycles. The fourth-order valence-electron chi connectivity index (χ4n) is 2.55. The monoisotopic (exact) mass is 303 g/mol. The molecule has 1 aromatic rings. The first-order valence-electron chi connectivity index (χ1n) is 7.27. The molecule has 2 amide bonds. The number of hydrogen-bond donors (Lipinski definition) is 1. The third-order valence-electron chi connectivity index (χ3n) is 3.75. The molecule has 1 fully saturated rings. The van der Waals surface area contributed by atoms with Crippen LogP contribution < -0.4 is 5.32 Å². The summed E-state index contributed by atoms with van der Waals surface area (Å²) in [6.45, 7) is 1.07. The lowest BCUT2D eigenvalue weighted by molar-refractivity contribution is -0.131. The van der Waals surface area contributed by atoms with E-state index in [1.165, 1.54) is 6.07 Å². The van der Waals surface area contributed by atoms with Gasteiger partial charge < -0.3 is 10.2 Å². The van der Waals surface area contributed by atoms with Crippen LogP contribution in [0, 0.1) is 17.1 Å². The number of nitrogens with one attached hydrogen (secondary N) is 1. The molecule has 2 rings (SSSR count). The molecular formula is C16H18FN3O2. The van der Waals surface area contributed by atoms with Gasteiger partial charge in [0.25, 0.3) is 0 Å². The summed E-state index contributed by atoms with van der Waals surface area (Å²) in [4.78, 5) is 25.2. The van der Waals surface area contributed by atoms with Crippen LogP contribution in [0.25, 0.3) is 0 Å². The number of rotatable bonds is 4. The second-order valence-corrected chi connectivity index (χ2v) is 5.33. The molecule has 6 heteroatoms. The molecule has 1 aliphatic heterocycles. The van der Waals surface area contributed by atoms with Crippen LogP contribution in [0.15, 0.2) is 24.3 Å². The molecule has 0 spiro atoms. The largest absolute Gasteiger partial charge is 0.353 e. The van der Waals surface area contributed by atoms with E-state index in [1.54, 1.807) is 23.1 Å².